The number of hydrogen-bond donors (Lipinski definition) is 1. The van der Waals surface area contributed by atoms with Gasteiger partial charge in [0, 0.05) is 24.8 Å². The van der Waals surface area contributed by atoms with Crippen molar-refractivity contribution in [1.82, 2.24) is 15.5 Å². The molecule has 0 radical (unpaired) electrons. The fraction of sp³-hybridized carbons (Fsp3) is 0.679. The Morgan fingerprint density at radius 1 is 0.889 bits per heavy atom. The van der Waals surface area contributed by atoms with Gasteiger partial charge in [-0.2, -0.15) is 0 Å². The number of rotatable bonds is 20. The maximum Gasteiger partial charge on any atom is 0.307 e. The summed E-state index contributed by atoms with van der Waals surface area (Å²) in [7, 11) is 0.609. The molecule has 0 spiro atoms. The second-order valence-electron chi connectivity index (χ2n) is 9.00. The van der Waals surface area contributed by atoms with Crippen molar-refractivity contribution in [3.05, 3.63) is 24.3 Å². The van der Waals surface area contributed by atoms with Crippen LogP contribution < -0.4 is 10.1 Å². The van der Waals surface area contributed by atoms with Gasteiger partial charge in [-0.15, -0.1) is 5.10 Å². The molecule has 1 aromatic carbocycles. The molecule has 8 heteroatoms. The van der Waals surface area contributed by atoms with Gasteiger partial charge in [0.15, 0.2) is 0 Å². The van der Waals surface area contributed by atoms with Crippen molar-refractivity contribution in [2.45, 2.75) is 102 Å². The first kappa shape index (κ1) is 32.0. The van der Waals surface area contributed by atoms with Gasteiger partial charge in [0.2, 0.25) is 5.89 Å². The molecule has 0 aliphatic carbocycles. The van der Waals surface area contributed by atoms with Crippen LogP contribution in [-0.2, 0) is 15.6 Å². The zero-order chi connectivity index (χ0) is 26.3. The average Bonchev–Trinajstić information content (AvgIpc) is 3.39. The third-order valence-electron chi connectivity index (χ3n) is 5.80. The molecule has 0 amide bonds. The van der Waals surface area contributed by atoms with Gasteiger partial charge >= 0.3 is 5.22 Å². The van der Waals surface area contributed by atoms with Crippen molar-refractivity contribution in [3.63, 3.8) is 0 Å². The first-order valence-corrected chi connectivity index (χ1v) is 15.2. The molecular formula is C28H47N3O4S. The highest BCUT2D eigenvalue weighted by molar-refractivity contribution is 7.84. The lowest BCUT2D eigenvalue weighted by atomic mass is 10.0. The minimum absolute atomic E-state index is 0.129. The maximum absolute atomic E-state index is 11.2. The van der Waals surface area contributed by atoms with E-state index in [9.17, 15) is 9.00 Å². The number of aldehydes is 1. The zero-order valence-electron chi connectivity index (χ0n) is 22.6. The van der Waals surface area contributed by atoms with Crippen LogP contribution >= 0.6 is 0 Å². The van der Waals surface area contributed by atoms with Crippen molar-refractivity contribution < 1.29 is 18.2 Å². The van der Waals surface area contributed by atoms with E-state index >= 15 is 0 Å². The summed E-state index contributed by atoms with van der Waals surface area (Å²) in [4.78, 5) is 10.1. The molecule has 0 saturated heterocycles. The van der Waals surface area contributed by atoms with Crippen LogP contribution in [0, 0.1) is 0 Å². The molecule has 1 atom stereocenters. The van der Waals surface area contributed by atoms with Crippen molar-refractivity contribution >= 4 is 17.1 Å². The van der Waals surface area contributed by atoms with Crippen LogP contribution in [-0.4, -0.2) is 47.1 Å². The number of carbonyl (C=O) groups is 1. The summed E-state index contributed by atoms with van der Waals surface area (Å²) in [5, 5.41) is 10.7. The summed E-state index contributed by atoms with van der Waals surface area (Å²) in [6.45, 7) is 3.67. The van der Waals surface area contributed by atoms with E-state index in [1.807, 2.05) is 31.3 Å². The maximum atomic E-state index is 11.2. The molecule has 0 aliphatic heterocycles. The lowest BCUT2D eigenvalue weighted by molar-refractivity contribution is -0.107. The van der Waals surface area contributed by atoms with Gasteiger partial charge in [0.25, 0.3) is 0 Å². The molecule has 2 aromatic rings. The second kappa shape index (κ2) is 22.2. The van der Waals surface area contributed by atoms with E-state index in [-0.39, 0.29) is 5.22 Å². The summed E-state index contributed by atoms with van der Waals surface area (Å²) in [6.07, 6.45) is 21.1. The first-order valence-electron chi connectivity index (χ1n) is 13.6. The van der Waals surface area contributed by atoms with Crippen molar-refractivity contribution in [2.24, 2.45) is 0 Å². The van der Waals surface area contributed by atoms with Crippen LogP contribution in [0.4, 0.5) is 0 Å². The van der Waals surface area contributed by atoms with Crippen LogP contribution in [0.15, 0.2) is 33.9 Å². The molecule has 1 heterocycles. The number of likely N-dealkylation sites (N-methyl/N-ethyl adjacent to an activating group) is 1. The lowest BCUT2D eigenvalue weighted by Gasteiger charge is -2.05. The van der Waals surface area contributed by atoms with Crippen molar-refractivity contribution in [3.8, 4) is 17.2 Å². The number of nitrogens with one attached hydrogen (secondary N) is 1. The fourth-order valence-corrected chi connectivity index (χ4v) is 4.00. The van der Waals surface area contributed by atoms with Crippen LogP contribution in [0.2, 0.25) is 0 Å². The first-order chi connectivity index (χ1) is 17.6. The minimum Gasteiger partial charge on any atom is -0.492 e. The molecule has 0 saturated carbocycles. The van der Waals surface area contributed by atoms with Gasteiger partial charge in [-0.1, -0.05) is 89.1 Å². The van der Waals surface area contributed by atoms with Crippen LogP contribution in [0.25, 0.3) is 11.5 Å². The number of unbranched alkanes of at least 4 members (excludes halogenated alkanes) is 13. The van der Waals surface area contributed by atoms with E-state index in [0.717, 1.165) is 37.0 Å². The van der Waals surface area contributed by atoms with Crippen molar-refractivity contribution in [1.29, 1.82) is 0 Å². The zero-order valence-corrected chi connectivity index (χ0v) is 23.5. The Morgan fingerprint density at radius 3 is 1.92 bits per heavy atom. The topological polar surface area (TPSA) is 94.3 Å². The highest BCUT2D eigenvalue weighted by Crippen LogP contribution is 2.22. The van der Waals surface area contributed by atoms with Gasteiger partial charge < -0.3 is 19.3 Å². The highest BCUT2D eigenvalue weighted by atomic mass is 32.2. The Labute approximate surface area is 220 Å². The molecule has 0 aliphatic rings. The second-order valence-corrected chi connectivity index (χ2v) is 10.3. The van der Waals surface area contributed by atoms with Gasteiger partial charge in [0.1, 0.15) is 29.4 Å². The number of ether oxygens (including phenoxy) is 1. The SMILES string of the molecule is CCCCCCCCCCCCCCCC=O.CNCCOc1ccc(-c2nnc(S(C)=O)o2)cc1. The molecule has 204 valence electrons. The minimum atomic E-state index is -1.26. The van der Waals surface area contributed by atoms with Gasteiger partial charge in [-0.3, -0.25) is 0 Å². The third kappa shape index (κ3) is 15.8. The molecule has 36 heavy (non-hydrogen) atoms. The van der Waals surface area contributed by atoms with Crippen LogP contribution in [0.5, 0.6) is 5.75 Å². The van der Waals surface area contributed by atoms with E-state index in [2.05, 4.69) is 22.4 Å². The molecule has 0 bridgehead atoms. The Morgan fingerprint density at radius 2 is 1.44 bits per heavy atom. The molecular weight excluding hydrogens is 474 g/mol. The summed E-state index contributed by atoms with van der Waals surface area (Å²) in [5.74, 6) is 1.13. The number of carbonyl (C=O) groups excluding carboxylic acids is 1. The van der Waals surface area contributed by atoms with Crippen LogP contribution in [0.3, 0.4) is 0 Å². The molecule has 0 fully saturated rings. The van der Waals surface area contributed by atoms with E-state index in [4.69, 9.17) is 9.15 Å². The summed E-state index contributed by atoms with van der Waals surface area (Å²) >= 11 is 0. The number of aromatic nitrogens is 2. The van der Waals surface area contributed by atoms with Gasteiger partial charge in [-0.25, -0.2) is 4.21 Å². The Balaban J connectivity index is 0.000000363. The molecule has 1 unspecified atom stereocenters. The smallest absolute Gasteiger partial charge is 0.307 e. The summed E-state index contributed by atoms with van der Waals surface area (Å²) in [6, 6.07) is 7.31. The fourth-order valence-electron chi connectivity index (χ4n) is 3.65. The largest absolute Gasteiger partial charge is 0.492 e. The molecule has 1 aromatic heterocycles. The monoisotopic (exact) mass is 521 g/mol. The normalized spacial score (nSPS) is 11.5. The van der Waals surface area contributed by atoms with E-state index < -0.39 is 10.8 Å². The predicted octanol–water partition coefficient (Wildman–Crippen LogP) is 6.74. The van der Waals surface area contributed by atoms with Gasteiger partial charge in [0.05, 0.1) is 0 Å². The van der Waals surface area contributed by atoms with E-state index in [1.54, 1.807) is 0 Å². The lowest BCUT2D eigenvalue weighted by Crippen LogP contribution is -2.15. The third-order valence-corrected chi connectivity index (χ3v) is 6.46. The average molecular weight is 522 g/mol. The number of hydrogen-bond acceptors (Lipinski definition) is 7. The van der Waals surface area contributed by atoms with E-state index in [1.165, 1.54) is 83.3 Å². The van der Waals surface area contributed by atoms with E-state index in [0.29, 0.717) is 12.5 Å². The summed E-state index contributed by atoms with van der Waals surface area (Å²) in [5.41, 5.74) is 0.769. The highest BCUT2D eigenvalue weighted by Gasteiger charge is 2.11. The Kier molecular flexibility index (Phi) is 19.7. The number of nitrogens with zero attached hydrogens (tertiary/aromatic N) is 2. The summed E-state index contributed by atoms with van der Waals surface area (Å²) < 4.78 is 22.0. The molecule has 1 N–H and O–H groups in total. The standard InChI is InChI=1S/C16H32O.C12H15N3O3S/c1-2-3-4-5-6-7-8-9-10-11-12-13-14-15-16-17;1-13-7-8-17-10-5-3-9(4-6-10)11-14-15-12(18-11)19(2)16/h16H,2-15H2,1H3;3-6,13H,7-8H2,1-2H3. The Hall–Kier alpha value is -2.06. The van der Waals surface area contributed by atoms with Crippen LogP contribution in [0.1, 0.15) is 96.8 Å². The van der Waals surface area contributed by atoms with Gasteiger partial charge in [-0.05, 0) is 37.7 Å². The molecule has 2 rings (SSSR count). The Bertz CT molecular complexity index is 811. The number of benzene rings is 1. The quantitative estimate of drug-likeness (QED) is 0.152. The predicted molar refractivity (Wildman–Crippen MR) is 148 cm³/mol. The molecule has 7 nitrogen and oxygen atoms in total. The van der Waals surface area contributed by atoms with Crippen molar-refractivity contribution in [2.75, 3.05) is 26.5 Å².